The average molecular weight is 151 g/mol. The van der Waals surface area contributed by atoms with E-state index in [0.29, 0.717) is 5.56 Å². The maximum absolute atomic E-state index is 12.3. The monoisotopic (exact) mass is 151 g/mol. The molecule has 1 nitrogen and oxygen atoms in total. The van der Waals surface area contributed by atoms with E-state index in [-0.39, 0.29) is 11.6 Å². The zero-order chi connectivity index (χ0) is 8.27. The molecule has 0 aliphatic rings. The Labute approximate surface area is 64.9 Å². The summed E-state index contributed by atoms with van der Waals surface area (Å²) in [6, 6.07) is 5.49. The Hall–Kier alpha value is -1.18. The Morgan fingerprint density at radius 1 is 1.36 bits per heavy atom. The van der Waals surface area contributed by atoms with Gasteiger partial charge in [-0.3, -0.25) is 4.79 Å². The fraction of sp³-hybridized carbons (Fsp3) is 0.111. The number of halogens is 1. The lowest BCUT2D eigenvalue weighted by atomic mass is 10.1. The number of benzene rings is 1. The van der Waals surface area contributed by atoms with Crippen LogP contribution in [0.4, 0.5) is 4.39 Å². The zero-order valence-electron chi connectivity index (χ0n) is 6.17. The average Bonchev–Trinajstić information content (AvgIpc) is 2.05. The molecule has 0 bridgehead atoms. The second kappa shape index (κ2) is 3.28. The lowest BCUT2D eigenvalue weighted by Gasteiger charge is -1.94. The van der Waals surface area contributed by atoms with Crippen LogP contribution in [-0.2, 0) is 0 Å². The van der Waals surface area contributed by atoms with Gasteiger partial charge in [-0.2, -0.15) is 0 Å². The maximum atomic E-state index is 12.3. The lowest BCUT2D eigenvalue weighted by Crippen LogP contribution is -1.96. The Morgan fingerprint density at radius 3 is 2.36 bits per heavy atom. The van der Waals surface area contributed by atoms with E-state index in [0.717, 1.165) is 0 Å². The van der Waals surface area contributed by atoms with Crippen LogP contribution in [0.3, 0.4) is 0 Å². The van der Waals surface area contributed by atoms with Gasteiger partial charge in [0.25, 0.3) is 0 Å². The molecule has 0 amide bonds. The minimum atomic E-state index is -0.322. The van der Waals surface area contributed by atoms with Crippen LogP contribution in [0, 0.1) is 12.2 Å². The summed E-state index contributed by atoms with van der Waals surface area (Å²) in [6.45, 7) is 1.66. The minimum Gasteiger partial charge on any atom is -0.294 e. The molecule has 0 saturated heterocycles. The normalized spacial score (nSPS) is 9.64. The molecule has 0 aliphatic heterocycles. The summed E-state index contributed by atoms with van der Waals surface area (Å²) in [5.41, 5.74) is 0.522. The van der Waals surface area contributed by atoms with Crippen molar-refractivity contribution >= 4 is 5.78 Å². The molecule has 0 fully saturated rings. The summed E-state index contributed by atoms with van der Waals surface area (Å²) in [7, 11) is 0. The van der Waals surface area contributed by atoms with E-state index >= 15 is 0 Å². The second-order valence-corrected chi connectivity index (χ2v) is 2.16. The lowest BCUT2D eigenvalue weighted by molar-refractivity contribution is 0.103. The van der Waals surface area contributed by atoms with Gasteiger partial charge >= 0.3 is 0 Å². The Kier molecular flexibility index (Phi) is 2.36. The van der Waals surface area contributed by atoms with Crippen LogP contribution in [0.1, 0.15) is 17.3 Å². The van der Waals surface area contributed by atoms with Crippen molar-refractivity contribution in [1.82, 2.24) is 0 Å². The first kappa shape index (κ1) is 7.92. The molecule has 0 heterocycles. The van der Waals surface area contributed by atoms with Crippen LogP contribution in [0.2, 0.25) is 0 Å². The first-order chi connectivity index (χ1) is 5.24. The molecule has 1 aromatic carbocycles. The number of carbonyl (C=O) groups is 1. The van der Waals surface area contributed by atoms with Crippen LogP contribution >= 0.6 is 0 Å². The van der Waals surface area contributed by atoms with Crippen molar-refractivity contribution in [3.05, 3.63) is 42.1 Å². The molecular formula is C9H8FO. The van der Waals surface area contributed by atoms with E-state index < -0.39 is 0 Å². The van der Waals surface area contributed by atoms with Crippen LogP contribution in [0.25, 0.3) is 0 Å². The molecule has 2 heteroatoms. The van der Waals surface area contributed by atoms with Gasteiger partial charge in [-0.1, -0.05) is 6.92 Å². The van der Waals surface area contributed by atoms with Crippen molar-refractivity contribution < 1.29 is 9.18 Å². The van der Waals surface area contributed by atoms with Gasteiger partial charge in [-0.15, -0.1) is 0 Å². The summed E-state index contributed by atoms with van der Waals surface area (Å²) >= 11 is 0. The van der Waals surface area contributed by atoms with Crippen LogP contribution in [0.5, 0.6) is 0 Å². The summed E-state index contributed by atoms with van der Waals surface area (Å²) < 4.78 is 12.3. The molecule has 0 aromatic heterocycles. The third-order valence-corrected chi connectivity index (χ3v) is 1.39. The minimum absolute atomic E-state index is 0.0787. The van der Waals surface area contributed by atoms with Gasteiger partial charge in [0.15, 0.2) is 5.78 Å². The van der Waals surface area contributed by atoms with Crippen molar-refractivity contribution in [1.29, 1.82) is 0 Å². The number of Topliss-reactive ketones (excluding diaryl/α,β-unsaturated/α-hetero) is 1. The molecule has 0 spiro atoms. The van der Waals surface area contributed by atoms with Crippen molar-refractivity contribution in [2.24, 2.45) is 0 Å². The van der Waals surface area contributed by atoms with Gasteiger partial charge in [-0.05, 0) is 24.3 Å². The highest BCUT2D eigenvalue weighted by atomic mass is 19.1. The highest BCUT2D eigenvalue weighted by Gasteiger charge is 2.01. The fourth-order valence-corrected chi connectivity index (χ4v) is 0.781. The highest BCUT2D eigenvalue weighted by molar-refractivity contribution is 6.01. The van der Waals surface area contributed by atoms with E-state index in [9.17, 15) is 9.18 Å². The molecular weight excluding hydrogens is 143 g/mol. The molecule has 0 aliphatic carbocycles. The topological polar surface area (TPSA) is 17.1 Å². The van der Waals surface area contributed by atoms with Crippen molar-refractivity contribution in [3.63, 3.8) is 0 Å². The largest absolute Gasteiger partial charge is 0.294 e. The molecule has 1 radical (unpaired) electrons. The first-order valence-electron chi connectivity index (χ1n) is 3.33. The van der Waals surface area contributed by atoms with Crippen molar-refractivity contribution in [3.8, 4) is 0 Å². The predicted molar refractivity (Wildman–Crippen MR) is 40.7 cm³/mol. The van der Waals surface area contributed by atoms with E-state index in [1.807, 2.05) is 0 Å². The Bertz CT molecular complexity index is 251. The van der Waals surface area contributed by atoms with Crippen LogP contribution < -0.4 is 0 Å². The molecule has 0 N–H and O–H groups in total. The predicted octanol–water partition coefficient (Wildman–Crippen LogP) is 2.23. The van der Waals surface area contributed by atoms with E-state index in [1.54, 1.807) is 6.92 Å². The number of carbonyl (C=O) groups excluding carboxylic acids is 1. The van der Waals surface area contributed by atoms with Crippen LogP contribution in [-0.4, -0.2) is 5.78 Å². The summed E-state index contributed by atoms with van der Waals surface area (Å²) in [5, 5.41) is 0. The van der Waals surface area contributed by atoms with Gasteiger partial charge in [0.2, 0.25) is 0 Å². The van der Waals surface area contributed by atoms with Gasteiger partial charge < -0.3 is 0 Å². The van der Waals surface area contributed by atoms with E-state index in [1.165, 1.54) is 30.7 Å². The molecule has 0 unspecified atom stereocenters. The van der Waals surface area contributed by atoms with Gasteiger partial charge in [0.05, 0.1) is 0 Å². The molecule has 1 rings (SSSR count). The van der Waals surface area contributed by atoms with Gasteiger partial charge in [0.1, 0.15) is 5.82 Å². The number of rotatable bonds is 2. The molecule has 1 aromatic rings. The maximum Gasteiger partial charge on any atom is 0.166 e. The third kappa shape index (κ3) is 1.87. The smallest absolute Gasteiger partial charge is 0.166 e. The third-order valence-electron chi connectivity index (χ3n) is 1.39. The highest BCUT2D eigenvalue weighted by Crippen LogP contribution is 2.04. The molecule has 11 heavy (non-hydrogen) atoms. The zero-order valence-corrected chi connectivity index (χ0v) is 6.17. The van der Waals surface area contributed by atoms with E-state index in [2.05, 4.69) is 0 Å². The van der Waals surface area contributed by atoms with Crippen molar-refractivity contribution in [2.45, 2.75) is 6.92 Å². The van der Waals surface area contributed by atoms with E-state index in [4.69, 9.17) is 0 Å². The summed E-state index contributed by atoms with van der Waals surface area (Å²) in [4.78, 5) is 10.9. The van der Waals surface area contributed by atoms with Crippen molar-refractivity contribution in [2.75, 3.05) is 0 Å². The second-order valence-electron chi connectivity index (χ2n) is 2.16. The van der Waals surface area contributed by atoms with Gasteiger partial charge in [0, 0.05) is 12.0 Å². The first-order valence-corrected chi connectivity index (χ1v) is 3.33. The SMILES string of the molecule is C[CH]C(=O)c1ccc(F)cc1. The van der Waals surface area contributed by atoms with Gasteiger partial charge in [-0.25, -0.2) is 4.39 Å². The number of hydrogen-bond acceptors (Lipinski definition) is 1. The number of ketones is 1. The summed E-state index contributed by atoms with van der Waals surface area (Å²) in [6.07, 6.45) is 1.45. The molecule has 0 atom stereocenters. The Morgan fingerprint density at radius 2 is 1.91 bits per heavy atom. The molecule has 57 valence electrons. The Balaban J connectivity index is 2.90. The quantitative estimate of drug-likeness (QED) is 0.592. The summed E-state index contributed by atoms with van der Waals surface area (Å²) in [5.74, 6) is -0.400. The standard InChI is InChI=1S/C9H8FO/c1-2-9(11)7-3-5-8(10)6-4-7/h2-6H,1H3. The van der Waals surface area contributed by atoms with Crippen LogP contribution in [0.15, 0.2) is 24.3 Å². The number of hydrogen-bond donors (Lipinski definition) is 0. The molecule has 0 saturated carbocycles. The fourth-order valence-electron chi connectivity index (χ4n) is 0.781.